The molecule has 0 saturated carbocycles. The van der Waals surface area contributed by atoms with Crippen LogP contribution in [0.2, 0.25) is 0 Å². The SMILES string of the molecule is CN(C)S(=O)(=O)C[C@@H]1CN(C(=O)Cc2ccc(F)cc2)C[C@@H]1O. The van der Waals surface area contributed by atoms with Crippen LogP contribution >= 0.6 is 0 Å². The monoisotopic (exact) mass is 344 g/mol. The number of β-amino-alcohol motifs (C(OH)–C–C–N with tert-alkyl or cyclic N) is 1. The highest BCUT2D eigenvalue weighted by atomic mass is 32.2. The molecule has 1 aliphatic rings. The highest BCUT2D eigenvalue weighted by molar-refractivity contribution is 7.89. The average molecular weight is 344 g/mol. The van der Waals surface area contributed by atoms with Gasteiger partial charge in [0.2, 0.25) is 15.9 Å². The second-order valence-corrected chi connectivity index (χ2v) is 8.22. The van der Waals surface area contributed by atoms with Gasteiger partial charge in [0.25, 0.3) is 0 Å². The predicted molar refractivity (Wildman–Crippen MR) is 83.7 cm³/mol. The molecule has 128 valence electrons. The summed E-state index contributed by atoms with van der Waals surface area (Å²) < 4.78 is 37.8. The highest BCUT2D eigenvalue weighted by Gasteiger charge is 2.37. The van der Waals surface area contributed by atoms with E-state index in [2.05, 4.69) is 0 Å². The number of aliphatic hydroxyl groups excluding tert-OH is 1. The summed E-state index contributed by atoms with van der Waals surface area (Å²) in [4.78, 5) is 13.7. The van der Waals surface area contributed by atoms with Crippen LogP contribution in [-0.4, -0.2) is 67.7 Å². The lowest BCUT2D eigenvalue weighted by atomic mass is 10.1. The normalized spacial score (nSPS) is 21.9. The minimum Gasteiger partial charge on any atom is -0.391 e. The van der Waals surface area contributed by atoms with E-state index < -0.39 is 22.0 Å². The van der Waals surface area contributed by atoms with E-state index in [1.807, 2.05) is 0 Å². The fourth-order valence-corrected chi connectivity index (χ4v) is 3.70. The molecule has 1 aromatic carbocycles. The number of carbonyl (C=O) groups is 1. The van der Waals surface area contributed by atoms with Crippen molar-refractivity contribution < 1.29 is 22.7 Å². The molecule has 0 unspecified atom stereocenters. The maximum absolute atomic E-state index is 12.9. The first-order chi connectivity index (χ1) is 10.7. The van der Waals surface area contributed by atoms with Gasteiger partial charge in [0, 0.05) is 33.1 Å². The van der Waals surface area contributed by atoms with Gasteiger partial charge in [-0.3, -0.25) is 4.79 Å². The maximum atomic E-state index is 12.9. The van der Waals surface area contributed by atoms with Crippen molar-refractivity contribution in [3.8, 4) is 0 Å². The molecular formula is C15H21FN2O4S. The van der Waals surface area contributed by atoms with Crippen LogP contribution in [0.4, 0.5) is 4.39 Å². The Morgan fingerprint density at radius 1 is 1.30 bits per heavy atom. The zero-order valence-electron chi connectivity index (χ0n) is 13.1. The van der Waals surface area contributed by atoms with Gasteiger partial charge >= 0.3 is 0 Å². The first-order valence-corrected chi connectivity index (χ1v) is 8.90. The largest absolute Gasteiger partial charge is 0.391 e. The van der Waals surface area contributed by atoms with Crippen LogP contribution in [0, 0.1) is 11.7 Å². The van der Waals surface area contributed by atoms with Gasteiger partial charge in [0.15, 0.2) is 0 Å². The summed E-state index contributed by atoms with van der Waals surface area (Å²) in [7, 11) is -0.556. The number of hydrogen-bond donors (Lipinski definition) is 1. The number of benzene rings is 1. The fourth-order valence-electron chi connectivity index (χ4n) is 2.53. The third kappa shape index (κ3) is 4.49. The molecular weight excluding hydrogens is 323 g/mol. The third-order valence-electron chi connectivity index (χ3n) is 4.01. The number of rotatable bonds is 5. The summed E-state index contributed by atoms with van der Waals surface area (Å²) in [6, 6.07) is 5.64. The molecule has 6 nitrogen and oxygen atoms in total. The average Bonchev–Trinajstić information content (AvgIpc) is 2.82. The smallest absolute Gasteiger partial charge is 0.227 e. The topological polar surface area (TPSA) is 77.9 Å². The second kappa shape index (κ2) is 6.94. The molecule has 1 fully saturated rings. The van der Waals surface area contributed by atoms with Gasteiger partial charge in [-0.25, -0.2) is 17.1 Å². The van der Waals surface area contributed by atoms with Crippen molar-refractivity contribution in [3.63, 3.8) is 0 Å². The zero-order chi connectivity index (χ0) is 17.2. The van der Waals surface area contributed by atoms with Gasteiger partial charge < -0.3 is 10.0 Å². The number of carbonyl (C=O) groups excluding carboxylic acids is 1. The molecule has 1 aliphatic heterocycles. The molecule has 8 heteroatoms. The van der Waals surface area contributed by atoms with Gasteiger partial charge in [0.05, 0.1) is 18.3 Å². The molecule has 23 heavy (non-hydrogen) atoms. The van der Waals surface area contributed by atoms with E-state index in [9.17, 15) is 22.7 Å². The van der Waals surface area contributed by atoms with E-state index in [1.54, 1.807) is 0 Å². The van der Waals surface area contributed by atoms with Crippen molar-refractivity contribution in [1.29, 1.82) is 0 Å². The van der Waals surface area contributed by atoms with Crippen LogP contribution in [0.5, 0.6) is 0 Å². The Labute approximate surface area is 135 Å². The molecule has 0 bridgehead atoms. The summed E-state index contributed by atoms with van der Waals surface area (Å²) in [5.41, 5.74) is 0.676. The summed E-state index contributed by atoms with van der Waals surface area (Å²) in [5.74, 6) is -1.27. The predicted octanol–water partition coefficient (Wildman–Crippen LogP) is 0.0789. The molecule has 1 heterocycles. The maximum Gasteiger partial charge on any atom is 0.227 e. The molecule has 0 spiro atoms. The van der Waals surface area contributed by atoms with Crippen molar-refractivity contribution in [3.05, 3.63) is 35.6 Å². The number of nitrogens with zero attached hydrogens (tertiary/aromatic N) is 2. The van der Waals surface area contributed by atoms with E-state index in [-0.39, 0.29) is 37.0 Å². The Balaban J connectivity index is 1.97. The molecule has 0 radical (unpaired) electrons. The van der Waals surface area contributed by atoms with Crippen molar-refractivity contribution in [1.82, 2.24) is 9.21 Å². The summed E-state index contributed by atoms with van der Waals surface area (Å²) in [5, 5.41) is 10.0. The molecule has 0 aliphatic carbocycles. The van der Waals surface area contributed by atoms with Crippen molar-refractivity contribution in [2.75, 3.05) is 32.9 Å². The van der Waals surface area contributed by atoms with E-state index in [4.69, 9.17) is 0 Å². The van der Waals surface area contributed by atoms with E-state index >= 15 is 0 Å². The summed E-state index contributed by atoms with van der Waals surface area (Å²) in [6.07, 6.45) is -0.762. The standard InChI is InChI=1S/C15H21FN2O4S/c1-17(2)23(21,22)10-12-8-18(9-14(12)19)15(20)7-11-3-5-13(16)6-4-11/h3-6,12,14,19H,7-10H2,1-2H3/t12-,14-/m0/s1. The van der Waals surface area contributed by atoms with Gasteiger partial charge in [-0.05, 0) is 17.7 Å². The van der Waals surface area contributed by atoms with E-state index in [0.29, 0.717) is 5.56 Å². The number of sulfonamides is 1. The van der Waals surface area contributed by atoms with Crippen LogP contribution in [0.1, 0.15) is 5.56 Å². The molecule has 2 atom stereocenters. The van der Waals surface area contributed by atoms with Crippen LogP contribution in [0.25, 0.3) is 0 Å². The van der Waals surface area contributed by atoms with Crippen LogP contribution in [0.15, 0.2) is 24.3 Å². The molecule has 1 N–H and O–H groups in total. The van der Waals surface area contributed by atoms with Gasteiger partial charge in [-0.1, -0.05) is 12.1 Å². The Morgan fingerprint density at radius 2 is 1.91 bits per heavy atom. The van der Waals surface area contributed by atoms with Crippen LogP contribution in [-0.2, 0) is 21.2 Å². The number of aliphatic hydroxyl groups is 1. The Morgan fingerprint density at radius 3 is 2.48 bits per heavy atom. The lowest BCUT2D eigenvalue weighted by Crippen LogP contribution is -2.34. The number of likely N-dealkylation sites (tertiary alicyclic amines) is 1. The van der Waals surface area contributed by atoms with Crippen LogP contribution in [0.3, 0.4) is 0 Å². The summed E-state index contributed by atoms with van der Waals surface area (Å²) in [6.45, 7) is 0.321. The van der Waals surface area contributed by atoms with Crippen molar-refractivity contribution in [2.45, 2.75) is 12.5 Å². The minimum absolute atomic E-state index is 0.0974. The molecule has 2 rings (SSSR count). The minimum atomic E-state index is -3.43. The summed E-state index contributed by atoms with van der Waals surface area (Å²) >= 11 is 0. The third-order valence-corrected chi connectivity index (χ3v) is 5.97. The Bertz CT molecular complexity index is 661. The lowest BCUT2D eigenvalue weighted by molar-refractivity contribution is -0.129. The van der Waals surface area contributed by atoms with Crippen molar-refractivity contribution >= 4 is 15.9 Å². The Kier molecular flexibility index (Phi) is 5.38. The molecule has 0 aromatic heterocycles. The van der Waals surface area contributed by atoms with Gasteiger partial charge in [-0.2, -0.15) is 0 Å². The van der Waals surface area contributed by atoms with E-state index in [0.717, 1.165) is 4.31 Å². The van der Waals surface area contributed by atoms with Crippen molar-refractivity contribution in [2.24, 2.45) is 5.92 Å². The first-order valence-electron chi connectivity index (χ1n) is 7.29. The van der Waals surface area contributed by atoms with Crippen LogP contribution < -0.4 is 0 Å². The van der Waals surface area contributed by atoms with Gasteiger partial charge in [-0.15, -0.1) is 0 Å². The fraction of sp³-hybridized carbons (Fsp3) is 0.533. The first kappa shape index (κ1) is 17.8. The number of halogens is 1. The quantitative estimate of drug-likeness (QED) is 0.821. The van der Waals surface area contributed by atoms with E-state index in [1.165, 1.54) is 43.3 Å². The molecule has 1 amide bonds. The number of hydrogen-bond acceptors (Lipinski definition) is 4. The number of amides is 1. The Hall–Kier alpha value is -1.51. The highest BCUT2D eigenvalue weighted by Crippen LogP contribution is 2.21. The lowest BCUT2D eigenvalue weighted by Gasteiger charge is -2.18. The van der Waals surface area contributed by atoms with Gasteiger partial charge in [0.1, 0.15) is 5.82 Å². The molecule has 1 aromatic rings. The second-order valence-electron chi connectivity index (χ2n) is 5.99. The zero-order valence-corrected chi connectivity index (χ0v) is 14.0. The molecule has 1 saturated heterocycles.